The largest absolute Gasteiger partial charge is 0.216 e. The second-order valence-electron chi connectivity index (χ2n) is 0.489. The molecule has 0 atom stereocenters. The van der Waals surface area contributed by atoms with Crippen molar-refractivity contribution < 1.29 is 0 Å². The van der Waals surface area contributed by atoms with Crippen LogP contribution in [0.2, 0.25) is 0 Å². The van der Waals surface area contributed by atoms with Gasteiger partial charge in [-0.15, -0.1) is 0 Å². The van der Waals surface area contributed by atoms with E-state index in [1.54, 1.807) is 14.1 Å². The lowest BCUT2D eigenvalue weighted by Gasteiger charge is -1.28. The molecule has 3 nitrogen and oxygen atoms in total. The monoisotopic (exact) mass is 72.1 g/mol. The van der Waals surface area contributed by atoms with Crippen molar-refractivity contribution in [3.05, 3.63) is 0 Å². The molecule has 0 saturated heterocycles. The van der Waals surface area contributed by atoms with Crippen molar-refractivity contribution >= 4 is 0 Å². The topological polar surface area (TPSA) is 38.8 Å². The molecule has 0 fully saturated rings. The summed E-state index contributed by atoms with van der Waals surface area (Å²) in [7, 11) is 3.15. The second kappa shape index (κ2) is 3.31. The van der Waals surface area contributed by atoms with E-state index < -0.39 is 0 Å². The molecule has 0 aliphatic rings. The SMILES string of the molecule is CN=[N+]=NC. The highest BCUT2D eigenvalue weighted by Crippen LogP contribution is 1.37. The van der Waals surface area contributed by atoms with Gasteiger partial charge >= 0.3 is 0 Å². The van der Waals surface area contributed by atoms with Crippen LogP contribution in [-0.2, 0) is 0 Å². The predicted octanol–water partition coefficient (Wildman–Crippen LogP) is 0.218. The molecule has 0 aromatic rings. The molecular weight excluding hydrogens is 66.0 g/mol. The van der Waals surface area contributed by atoms with Gasteiger partial charge in [-0.3, -0.25) is 0 Å². The van der Waals surface area contributed by atoms with Gasteiger partial charge in [-0.05, 0) is 0 Å². The summed E-state index contributed by atoms with van der Waals surface area (Å²) < 4.78 is 0. The molecule has 0 aliphatic heterocycles. The van der Waals surface area contributed by atoms with Crippen LogP contribution in [0.25, 0.3) is 0 Å². The van der Waals surface area contributed by atoms with Crippen molar-refractivity contribution in [2.45, 2.75) is 0 Å². The van der Waals surface area contributed by atoms with E-state index in [4.69, 9.17) is 0 Å². The summed E-state index contributed by atoms with van der Waals surface area (Å²) in [5, 5.41) is 6.62. The fourth-order valence-electron chi connectivity index (χ4n) is 0.0894. The van der Waals surface area contributed by atoms with Gasteiger partial charge in [-0.2, -0.15) is 0 Å². The lowest BCUT2D eigenvalue weighted by atomic mass is 11.5. The van der Waals surface area contributed by atoms with E-state index in [1.165, 1.54) is 0 Å². The van der Waals surface area contributed by atoms with E-state index in [0.717, 1.165) is 0 Å². The van der Waals surface area contributed by atoms with E-state index >= 15 is 0 Å². The molecule has 0 aromatic carbocycles. The summed E-state index contributed by atoms with van der Waals surface area (Å²) >= 11 is 0. The Morgan fingerprint density at radius 1 is 1.20 bits per heavy atom. The van der Waals surface area contributed by atoms with Crippen LogP contribution in [0, 0.1) is 0 Å². The molecule has 0 bridgehead atoms. The van der Waals surface area contributed by atoms with Gasteiger partial charge < -0.3 is 0 Å². The summed E-state index contributed by atoms with van der Waals surface area (Å²) in [6, 6.07) is 0. The first-order valence-electron chi connectivity index (χ1n) is 1.29. The van der Waals surface area contributed by atoms with Gasteiger partial charge in [0.05, 0.1) is 0 Å². The molecule has 0 aromatic heterocycles. The van der Waals surface area contributed by atoms with Gasteiger partial charge in [0.1, 0.15) is 24.3 Å². The van der Waals surface area contributed by atoms with Crippen LogP contribution in [-0.4, -0.2) is 14.1 Å². The fraction of sp³-hybridized carbons (Fsp3) is 1.00. The number of hydrogen-bond donors (Lipinski definition) is 0. The molecule has 0 spiro atoms. The Balaban J connectivity index is 3.26. The van der Waals surface area contributed by atoms with E-state index in [-0.39, 0.29) is 0 Å². The third-order valence-corrected chi connectivity index (χ3v) is 0.179. The van der Waals surface area contributed by atoms with Gasteiger partial charge in [-0.25, -0.2) is 0 Å². The third kappa shape index (κ3) is 3.31. The highest BCUT2D eigenvalue weighted by molar-refractivity contribution is 3.89. The lowest BCUT2D eigenvalue weighted by Crippen LogP contribution is -1.53. The molecule has 0 amide bonds. The minimum absolute atomic E-state index is 1.58. The Kier molecular flexibility index (Phi) is 2.85. The molecule has 0 unspecified atom stereocenters. The highest BCUT2D eigenvalue weighted by atomic mass is 15.2. The van der Waals surface area contributed by atoms with Gasteiger partial charge in [0.25, 0.3) is 0 Å². The average Bonchev–Trinajstić information content (AvgIpc) is 1.41. The first kappa shape index (κ1) is 4.31. The van der Waals surface area contributed by atoms with Crippen molar-refractivity contribution in [1.29, 1.82) is 0 Å². The Bertz CT molecular complexity index is 53.3. The number of nitrogens with zero attached hydrogens (tertiary/aromatic N) is 3. The van der Waals surface area contributed by atoms with Gasteiger partial charge in [-0.1, -0.05) is 0 Å². The van der Waals surface area contributed by atoms with E-state index in [1.807, 2.05) is 0 Å². The van der Waals surface area contributed by atoms with Crippen molar-refractivity contribution in [2.75, 3.05) is 14.1 Å². The second-order valence-corrected chi connectivity index (χ2v) is 0.489. The van der Waals surface area contributed by atoms with Crippen LogP contribution in [0.3, 0.4) is 0 Å². The first-order valence-corrected chi connectivity index (χ1v) is 1.29. The molecule has 0 heterocycles. The molecule has 0 radical (unpaired) electrons. The van der Waals surface area contributed by atoms with Crippen LogP contribution in [0.4, 0.5) is 0 Å². The molecule has 3 heteroatoms. The van der Waals surface area contributed by atoms with E-state index in [9.17, 15) is 0 Å². The van der Waals surface area contributed by atoms with E-state index in [2.05, 4.69) is 15.1 Å². The zero-order valence-corrected chi connectivity index (χ0v) is 3.34. The molecule has 0 rings (SSSR count). The van der Waals surface area contributed by atoms with Gasteiger partial charge in [0, 0.05) is 0 Å². The lowest BCUT2D eigenvalue weighted by molar-refractivity contribution is 0.989. The van der Waals surface area contributed by atoms with Crippen LogP contribution >= 0.6 is 0 Å². The molecule has 5 heavy (non-hydrogen) atoms. The van der Waals surface area contributed by atoms with Gasteiger partial charge in [0.2, 0.25) is 4.91 Å². The summed E-state index contributed by atoms with van der Waals surface area (Å²) in [5.41, 5.74) is 0. The Morgan fingerprint density at radius 3 is 1.60 bits per heavy atom. The van der Waals surface area contributed by atoms with Gasteiger partial charge in [0.15, 0.2) is 0 Å². The Labute approximate surface area is 30.4 Å². The summed E-state index contributed by atoms with van der Waals surface area (Å²) in [6.07, 6.45) is 0. The zero-order chi connectivity index (χ0) is 4.12. The normalized spacial score (nSPS) is 5.20. The molecule has 0 N–H and O–H groups in total. The standard InChI is InChI=1S/C2H6N3/c1-3-5-4-2/h1-2H3/q+1. The highest BCUT2D eigenvalue weighted by Gasteiger charge is 1.56. The average molecular weight is 72.1 g/mol. The molecule has 28 valence electrons. The molecule has 0 aliphatic carbocycles. The third-order valence-electron chi connectivity index (χ3n) is 0.179. The zero-order valence-electron chi connectivity index (χ0n) is 3.34. The number of rotatable bonds is 0. The van der Waals surface area contributed by atoms with Crippen LogP contribution in [0.15, 0.2) is 10.2 Å². The maximum absolute atomic E-state index is 3.31. The first-order chi connectivity index (χ1) is 2.41. The van der Waals surface area contributed by atoms with Crippen LogP contribution < -0.4 is 4.91 Å². The molecular formula is C2H6N3+. The van der Waals surface area contributed by atoms with E-state index in [0.29, 0.717) is 0 Å². The quantitative estimate of drug-likeness (QED) is 0.290. The van der Waals surface area contributed by atoms with Crippen molar-refractivity contribution in [2.24, 2.45) is 10.2 Å². The maximum Gasteiger partial charge on any atom is 0.216 e. The van der Waals surface area contributed by atoms with Crippen molar-refractivity contribution in [1.82, 2.24) is 4.91 Å². The smallest absolute Gasteiger partial charge is 0.112 e. The Morgan fingerprint density at radius 2 is 1.60 bits per heavy atom. The maximum atomic E-state index is 3.31. The van der Waals surface area contributed by atoms with Crippen LogP contribution in [0.5, 0.6) is 0 Å². The summed E-state index contributed by atoms with van der Waals surface area (Å²) in [5.74, 6) is 0. The summed E-state index contributed by atoms with van der Waals surface area (Å²) in [4.78, 5) is 3.22. The fourth-order valence-corrected chi connectivity index (χ4v) is 0.0894. The summed E-state index contributed by atoms with van der Waals surface area (Å²) in [6.45, 7) is 0. The minimum Gasteiger partial charge on any atom is 0.112 e. The minimum atomic E-state index is 1.58. The van der Waals surface area contributed by atoms with Crippen molar-refractivity contribution in [3.8, 4) is 0 Å². The van der Waals surface area contributed by atoms with Crippen LogP contribution in [0.1, 0.15) is 0 Å². The van der Waals surface area contributed by atoms with Crippen molar-refractivity contribution in [3.63, 3.8) is 0 Å². The molecule has 0 saturated carbocycles. The predicted molar refractivity (Wildman–Crippen MR) is 18.8 cm³/mol. The number of hydrogen-bond acceptors (Lipinski definition) is 2. The Hall–Kier alpha value is -0.690.